The van der Waals surface area contributed by atoms with E-state index in [1.54, 1.807) is 18.2 Å². The minimum Gasteiger partial charge on any atom is -0.274 e. The van der Waals surface area contributed by atoms with E-state index in [9.17, 15) is 9.59 Å². The summed E-state index contributed by atoms with van der Waals surface area (Å²) in [6, 6.07) is 10.1. The van der Waals surface area contributed by atoms with Crippen LogP contribution in [0.2, 0.25) is 5.02 Å². The second-order valence-corrected chi connectivity index (χ2v) is 4.69. The summed E-state index contributed by atoms with van der Waals surface area (Å²) in [4.78, 5) is 33.2. The largest absolute Gasteiger partial charge is 0.334 e. The molecule has 0 aliphatic carbocycles. The molecule has 0 saturated heterocycles. The van der Waals surface area contributed by atoms with Crippen LogP contribution >= 0.6 is 11.6 Å². The van der Waals surface area contributed by atoms with Gasteiger partial charge in [0, 0.05) is 28.9 Å². The molecule has 0 bridgehead atoms. The molecular weight excluding hydrogens is 292 g/mol. The van der Waals surface area contributed by atoms with Gasteiger partial charge in [-0.15, -0.1) is 0 Å². The van der Waals surface area contributed by atoms with Gasteiger partial charge in [-0.25, -0.2) is 14.8 Å². The number of rotatable bonds is 2. The van der Waals surface area contributed by atoms with Gasteiger partial charge < -0.3 is 0 Å². The van der Waals surface area contributed by atoms with Crippen molar-refractivity contribution in [1.29, 1.82) is 0 Å². The van der Waals surface area contributed by atoms with Gasteiger partial charge in [0.15, 0.2) is 0 Å². The molecule has 0 spiro atoms. The lowest BCUT2D eigenvalue weighted by atomic mass is 10.1. The van der Waals surface area contributed by atoms with Crippen molar-refractivity contribution in [2.75, 3.05) is 0 Å². The summed E-state index contributed by atoms with van der Waals surface area (Å²) in [7, 11) is 0. The van der Waals surface area contributed by atoms with Crippen LogP contribution < -0.4 is 11.2 Å². The number of aromatic nitrogens is 4. The fraction of sp³-hybridized carbons (Fsp3) is 0. The molecule has 7 heteroatoms. The first-order chi connectivity index (χ1) is 10.1. The quantitative estimate of drug-likeness (QED) is 0.780. The van der Waals surface area contributed by atoms with Crippen molar-refractivity contribution in [1.82, 2.24) is 19.5 Å². The lowest BCUT2D eigenvalue weighted by Gasteiger charge is -2.06. The molecule has 2 heterocycles. The molecule has 0 radical (unpaired) electrons. The van der Waals surface area contributed by atoms with E-state index >= 15 is 0 Å². The second kappa shape index (κ2) is 5.34. The van der Waals surface area contributed by atoms with Gasteiger partial charge in [0.1, 0.15) is 12.1 Å². The van der Waals surface area contributed by atoms with Crippen molar-refractivity contribution in [2.45, 2.75) is 0 Å². The maximum absolute atomic E-state index is 11.8. The Morgan fingerprint density at radius 1 is 1.10 bits per heavy atom. The first-order valence-electron chi connectivity index (χ1n) is 6.04. The average molecular weight is 301 g/mol. The van der Waals surface area contributed by atoms with E-state index in [2.05, 4.69) is 15.0 Å². The minimum atomic E-state index is -0.557. The topological polar surface area (TPSA) is 80.6 Å². The molecule has 21 heavy (non-hydrogen) atoms. The number of nitrogens with zero attached hydrogens (tertiary/aromatic N) is 3. The lowest BCUT2D eigenvalue weighted by Crippen LogP contribution is -2.28. The van der Waals surface area contributed by atoms with Gasteiger partial charge in [-0.3, -0.25) is 14.3 Å². The van der Waals surface area contributed by atoms with Gasteiger partial charge >= 0.3 is 5.69 Å². The van der Waals surface area contributed by atoms with Crippen LogP contribution in [0.25, 0.3) is 17.1 Å². The summed E-state index contributed by atoms with van der Waals surface area (Å²) in [5.74, 6) is 0.362. The summed E-state index contributed by atoms with van der Waals surface area (Å²) in [6.45, 7) is 0. The minimum absolute atomic E-state index is 0.362. The van der Waals surface area contributed by atoms with Crippen LogP contribution in [0.5, 0.6) is 0 Å². The van der Waals surface area contributed by atoms with Crippen molar-refractivity contribution in [3.8, 4) is 17.1 Å². The van der Waals surface area contributed by atoms with E-state index in [0.717, 1.165) is 5.56 Å². The molecule has 1 aromatic carbocycles. The summed E-state index contributed by atoms with van der Waals surface area (Å²) in [5.41, 5.74) is 0.419. The zero-order valence-corrected chi connectivity index (χ0v) is 11.4. The molecule has 3 rings (SSSR count). The molecule has 6 nitrogen and oxygen atoms in total. The van der Waals surface area contributed by atoms with Crippen LogP contribution in [0.3, 0.4) is 0 Å². The lowest BCUT2D eigenvalue weighted by molar-refractivity contribution is 0.861. The standard InChI is InChI=1S/C14H9ClN4O2/c15-10-3-1-2-9(6-10)11-7-12(17-8-16-11)19-5-4-13(20)18-14(19)21/h1-8H,(H,18,20,21). The number of halogens is 1. The van der Waals surface area contributed by atoms with Gasteiger partial charge in [-0.05, 0) is 12.1 Å². The van der Waals surface area contributed by atoms with Crippen molar-refractivity contribution in [3.63, 3.8) is 0 Å². The molecule has 0 fully saturated rings. The third kappa shape index (κ3) is 2.75. The van der Waals surface area contributed by atoms with E-state index in [1.807, 2.05) is 12.1 Å². The Morgan fingerprint density at radius 3 is 2.71 bits per heavy atom. The summed E-state index contributed by atoms with van der Waals surface area (Å²) in [5, 5.41) is 0.592. The predicted octanol–water partition coefficient (Wildman–Crippen LogP) is 1.64. The summed E-state index contributed by atoms with van der Waals surface area (Å²) >= 11 is 5.96. The Hall–Kier alpha value is -2.73. The number of hydrogen-bond donors (Lipinski definition) is 1. The Labute approximate surface area is 123 Å². The third-order valence-electron chi connectivity index (χ3n) is 2.84. The van der Waals surface area contributed by atoms with Gasteiger partial charge in [0.05, 0.1) is 5.69 Å². The van der Waals surface area contributed by atoms with Crippen molar-refractivity contribution >= 4 is 11.6 Å². The fourth-order valence-electron chi connectivity index (χ4n) is 1.88. The van der Waals surface area contributed by atoms with Crippen LogP contribution in [0.4, 0.5) is 0 Å². The van der Waals surface area contributed by atoms with E-state index in [0.29, 0.717) is 16.5 Å². The second-order valence-electron chi connectivity index (χ2n) is 4.25. The molecule has 1 N–H and O–H groups in total. The van der Waals surface area contributed by atoms with Gasteiger partial charge in [0.25, 0.3) is 5.56 Å². The molecular formula is C14H9ClN4O2. The molecule has 0 amide bonds. The Bertz CT molecular complexity index is 917. The van der Waals surface area contributed by atoms with Crippen LogP contribution in [0, 0.1) is 0 Å². The summed E-state index contributed by atoms with van der Waals surface area (Å²) in [6.07, 6.45) is 2.72. The Kier molecular flexibility index (Phi) is 3.37. The fourth-order valence-corrected chi connectivity index (χ4v) is 2.07. The van der Waals surface area contributed by atoms with E-state index in [1.165, 1.54) is 23.2 Å². The molecule has 2 aromatic heterocycles. The first kappa shape index (κ1) is 13.3. The smallest absolute Gasteiger partial charge is 0.274 e. The molecule has 0 aliphatic heterocycles. The number of benzene rings is 1. The average Bonchev–Trinajstić information content (AvgIpc) is 2.47. The van der Waals surface area contributed by atoms with Crippen molar-refractivity contribution < 1.29 is 0 Å². The highest BCUT2D eigenvalue weighted by Gasteiger charge is 2.06. The van der Waals surface area contributed by atoms with Crippen LogP contribution in [0.1, 0.15) is 0 Å². The monoisotopic (exact) mass is 300 g/mol. The van der Waals surface area contributed by atoms with E-state index in [-0.39, 0.29) is 0 Å². The highest BCUT2D eigenvalue weighted by molar-refractivity contribution is 6.30. The number of hydrogen-bond acceptors (Lipinski definition) is 4. The predicted molar refractivity (Wildman–Crippen MR) is 78.7 cm³/mol. The van der Waals surface area contributed by atoms with Crippen LogP contribution in [0.15, 0.2) is 58.5 Å². The number of aromatic amines is 1. The normalized spacial score (nSPS) is 10.5. The molecule has 0 saturated carbocycles. The highest BCUT2D eigenvalue weighted by atomic mass is 35.5. The van der Waals surface area contributed by atoms with Crippen molar-refractivity contribution in [2.24, 2.45) is 0 Å². The van der Waals surface area contributed by atoms with Gasteiger partial charge in [0.2, 0.25) is 0 Å². The van der Waals surface area contributed by atoms with E-state index in [4.69, 9.17) is 11.6 Å². The maximum Gasteiger partial charge on any atom is 0.334 e. The zero-order valence-electron chi connectivity index (χ0n) is 10.7. The van der Waals surface area contributed by atoms with Crippen molar-refractivity contribution in [3.05, 3.63) is 74.8 Å². The van der Waals surface area contributed by atoms with Crippen LogP contribution in [-0.2, 0) is 0 Å². The summed E-state index contributed by atoms with van der Waals surface area (Å²) < 4.78 is 1.23. The van der Waals surface area contributed by atoms with Crippen LogP contribution in [-0.4, -0.2) is 19.5 Å². The SMILES string of the molecule is O=c1ccn(-c2cc(-c3cccc(Cl)c3)ncn2)c(=O)[nH]1. The molecule has 104 valence electrons. The molecule has 0 aliphatic rings. The number of nitrogens with one attached hydrogen (secondary N) is 1. The Balaban J connectivity index is 2.12. The van der Waals surface area contributed by atoms with Gasteiger partial charge in [-0.1, -0.05) is 23.7 Å². The molecule has 3 aromatic rings. The Morgan fingerprint density at radius 2 is 1.95 bits per heavy atom. The first-order valence-corrected chi connectivity index (χ1v) is 6.41. The van der Waals surface area contributed by atoms with E-state index < -0.39 is 11.2 Å². The third-order valence-corrected chi connectivity index (χ3v) is 3.08. The van der Waals surface area contributed by atoms with Gasteiger partial charge in [-0.2, -0.15) is 0 Å². The molecule has 0 unspecified atom stereocenters. The molecule has 0 atom stereocenters. The highest BCUT2D eigenvalue weighted by Crippen LogP contribution is 2.21. The number of H-pyrrole nitrogens is 1. The maximum atomic E-state index is 11.8. The zero-order chi connectivity index (χ0) is 14.8.